The molecule has 0 aliphatic rings. The van der Waals surface area contributed by atoms with Crippen molar-refractivity contribution in [2.24, 2.45) is 11.7 Å². The van der Waals surface area contributed by atoms with Gasteiger partial charge in [-0.05, 0) is 18.1 Å². The van der Waals surface area contributed by atoms with Crippen LogP contribution < -0.4 is 5.73 Å². The maximum Gasteiger partial charge on any atom is 0.244 e. The van der Waals surface area contributed by atoms with Crippen LogP contribution in [0.1, 0.15) is 32.2 Å². The molecule has 3 aromatic rings. The molecule has 0 unspecified atom stereocenters. The van der Waals surface area contributed by atoms with E-state index in [1.807, 2.05) is 30.3 Å². The first-order valence-corrected chi connectivity index (χ1v) is 6.77. The second-order valence-electron chi connectivity index (χ2n) is 5.02. The smallest absolute Gasteiger partial charge is 0.244 e. The number of hydrogen-bond donors (Lipinski definition) is 1. The van der Waals surface area contributed by atoms with Crippen molar-refractivity contribution in [3.8, 4) is 11.6 Å². The molecule has 104 valence electrons. The third-order valence-corrected chi connectivity index (χ3v) is 3.63. The largest absolute Gasteiger partial charge is 0.453 e. The van der Waals surface area contributed by atoms with E-state index < -0.39 is 0 Å². The Labute approximate surface area is 116 Å². The lowest BCUT2D eigenvalue weighted by Gasteiger charge is -2.12. The summed E-state index contributed by atoms with van der Waals surface area (Å²) in [5.74, 6) is 1.78. The van der Waals surface area contributed by atoms with E-state index in [9.17, 15) is 0 Å². The summed E-state index contributed by atoms with van der Waals surface area (Å²) >= 11 is 0. The average molecular weight is 271 g/mol. The second-order valence-corrected chi connectivity index (χ2v) is 5.02. The standard InChI is InChI=1S/C15H17N3O2/c1-3-9(2)13(16)15-17-14(18-20-15)12-8-10-6-4-5-7-11(10)19-12/h4-9,13H,3,16H2,1-2H3/t9-,13-/m0/s1. The second kappa shape index (κ2) is 5.09. The molecule has 0 aliphatic carbocycles. The van der Waals surface area contributed by atoms with Crippen LogP contribution in [0.5, 0.6) is 0 Å². The van der Waals surface area contributed by atoms with Crippen molar-refractivity contribution in [3.63, 3.8) is 0 Å². The van der Waals surface area contributed by atoms with E-state index in [0.717, 1.165) is 17.4 Å². The summed E-state index contributed by atoms with van der Waals surface area (Å²) in [6, 6.07) is 9.43. The molecule has 20 heavy (non-hydrogen) atoms. The minimum atomic E-state index is -0.245. The van der Waals surface area contributed by atoms with Gasteiger partial charge >= 0.3 is 0 Å². The van der Waals surface area contributed by atoms with Gasteiger partial charge in [-0.1, -0.05) is 43.6 Å². The fraction of sp³-hybridized carbons (Fsp3) is 0.333. The van der Waals surface area contributed by atoms with Gasteiger partial charge in [0.25, 0.3) is 0 Å². The predicted molar refractivity (Wildman–Crippen MR) is 75.9 cm³/mol. The topological polar surface area (TPSA) is 78.1 Å². The number of rotatable bonds is 4. The quantitative estimate of drug-likeness (QED) is 0.785. The van der Waals surface area contributed by atoms with Crippen molar-refractivity contribution in [2.75, 3.05) is 0 Å². The molecule has 0 saturated carbocycles. The highest BCUT2D eigenvalue weighted by molar-refractivity contribution is 5.81. The molecular weight excluding hydrogens is 254 g/mol. The minimum Gasteiger partial charge on any atom is -0.453 e. The van der Waals surface area contributed by atoms with Crippen LogP contribution in [0.3, 0.4) is 0 Å². The van der Waals surface area contributed by atoms with E-state index in [1.54, 1.807) is 0 Å². The van der Waals surface area contributed by atoms with E-state index in [2.05, 4.69) is 24.0 Å². The van der Waals surface area contributed by atoms with Crippen molar-refractivity contribution in [1.29, 1.82) is 0 Å². The number of aromatic nitrogens is 2. The molecule has 2 aromatic heterocycles. The Morgan fingerprint density at radius 1 is 1.30 bits per heavy atom. The number of nitrogens with zero attached hydrogens (tertiary/aromatic N) is 2. The lowest BCUT2D eigenvalue weighted by atomic mass is 10.0. The highest BCUT2D eigenvalue weighted by Crippen LogP contribution is 2.27. The maximum absolute atomic E-state index is 6.09. The molecule has 0 radical (unpaired) electrons. The lowest BCUT2D eigenvalue weighted by molar-refractivity contribution is 0.312. The van der Waals surface area contributed by atoms with E-state index >= 15 is 0 Å². The summed E-state index contributed by atoms with van der Waals surface area (Å²) < 4.78 is 11.0. The van der Waals surface area contributed by atoms with Gasteiger partial charge in [-0.25, -0.2) is 0 Å². The summed E-state index contributed by atoms with van der Waals surface area (Å²) in [7, 11) is 0. The van der Waals surface area contributed by atoms with Crippen LogP contribution >= 0.6 is 0 Å². The highest BCUT2D eigenvalue weighted by atomic mass is 16.5. The summed E-state index contributed by atoms with van der Waals surface area (Å²) in [4.78, 5) is 4.35. The Hall–Kier alpha value is -2.14. The Bertz CT molecular complexity index is 684. The molecule has 5 nitrogen and oxygen atoms in total. The number of fused-ring (bicyclic) bond motifs is 1. The first-order chi connectivity index (χ1) is 9.69. The van der Waals surface area contributed by atoms with Crippen molar-refractivity contribution in [3.05, 3.63) is 36.2 Å². The molecule has 0 spiro atoms. The molecule has 0 fully saturated rings. The monoisotopic (exact) mass is 271 g/mol. The first kappa shape index (κ1) is 12.9. The molecule has 2 heterocycles. The van der Waals surface area contributed by atoms with Crippen molar-refractivity contribution in [2.45, 2.75) is 26.3 Å². The van der Waals surface area contributed by atoms with Gasteiger partial charge < -0.3 is 14.7 Å². The molecule has 0 aliphatic heterocycles. The molecule has 0 bridgehead atoms. The van der Waals surface area contributed by atoms with Crippen LogP contribution in [0.15, 0.2) is 39.3 Å². The normalized spacial score (nSPS) is 14.6. The van der Waals surface area contributed by atoms with Crippen LogP contribution in [0, 0.1) is 5.92 Å². The number of hydrogen-bond acceptors (Lipinski definition) is 5. The van der Waals surface area contributed by atoms with E-state index in [1.165, 1.54) is 0 Å². The van der Waals surface area contributed by atoms with Gasteiger partial charge in [-0.3, -0.25) is 0 Å². The Morgan fingerprint density at radius 3 is 2.85 bits per heavy atom. The van der Waals surface area contributed by atoms with E-state index in [4.69, 9.17) is 14.7 Å². The van der Waals surface area contributed by atoms with Crippen LogP contribution in [0.2, 0.25) is 0 Å². The van der Waals surface area contributed by atoms with E-state index in [-0.39, 0.29) is 6.04 Å². The Kier molecular flexibility index (Phi) is 3.28. The minimum absolute atomic E-state index is 0.245. The zero-order chi connectivity index (χ0) is 14.1. The third kappa shape index (κ3) is 2.20. The number of para-hydroxylation sites is 1. The first-order valence-electron chi connectivity index (χ1n) is 6.77. The SMILES string of the molecule is CC[C@H](C)[C@H](N)c1nc(-c2cc3ccccc3o2)no1. The summed E-state index contributed by atoms with van der Waals surface area (Å²) in [5.41, 5.74) is 6.89. The number of benzene rings is 1. The van der Waals surface area contributed by atoms with Gasteiger partial charge in [0.15, 0.2) is 5.76 Å². The molecular formula is C15H17N3O2. The summed E-state index contributed by atoms with van der Waals surface area (Å²) in [6.45, 7) is 4.15. The fourth-order valence-corrected chi connectivity index (χ4v) is 2.06. The summed E-state index contributed by atoms with van der Waals surface area (Å²) in [6.07, 6.45) is 0.962. The Morgan fingerprint density at radius 2 is 2.10 bits per heavy atom. The molecule has 2 N–H and O–H groups in total. The van der Waals surface area contributed by atoms with Crippen LogP contribution in [0.25, 0.3) is 22.6 Å². The molecule has 1 aromatic carbocycles. The van der Waals surface area contributed by atoms with Crippen LogP contribution in [0.4, 0.5) is 0 Å². The van der Waals surface area contributed by atoms with E-state index in [0.29, 0.717) is 23.4 Å². The van der Waals surface area contributed by atoms with Crippen LogP contribution in [-0.2, 0) is 0 Å². The molecule has 0 saturated heterocycles. The van der Waals surface area contributed by atoms with Gasteiger partial charge in [-0.15, -0.1) is 0 Å². The Balaban J connectivity index is 1.93. The van der Waals surface area contributed by atoms with Crippen molar-refractivity contribution in [1.82, 2.24) is 10.1 Å². The zero-order valence-corrected chi connectivity index (χ0v) is 11.5. The number of furan rings is 1. The third-order valence-electron chi connectivity index (χ3n) is 3.63. The molecule has 5 heteroatoms. The van der Waals surface area contributed by atoms with Gasteiger partial charge in [0.2, 0.25) is 11.7 Å². The van der Waals surface area contributed by atoms with Crippen LogP contribution in [-0.4, -0.2) is 10.1 Å². The zero-order valence-electron chi connectivity index (χ0n) is 11.5. The highest BCUT2D eigenvalue weighted by Gasteiger charge is 2.21. The predicted octanol–water partition coefficient (Wildman–Crippen LogP) is 3.53. The maximum atomic E-state index is 6.09. The number of nitrogens with two attached hydrogens (primary N) is 1. The van der Waals surface area contributed by atoms with Gasteiger partial charge in [0, 0.05) is 5.39 Å². The molecule has 3 rings (SSSR count). The average Bonchev–Trinajstić information content (AvgIpc) is 3.11. The lowest BCUT2D eigenvalue weighted by Crippen LogP contribution is -2.18. The van der Waals surface area contributed by atoms with Gasteiger partial charge in [-0.2, -0.15) is 4.98 Å². The van der Waals surface area contributed by atoms with Crippen molar-refractivity contribution >= 4 is 11.0 Å². The van der Waals surface area contributed by atoms with Gasteiger partial charge in [0.05, 0.1) is 6.04 Å². The molecule has 2 atom stereocenters. The van der Waals surface area contributed by atoms with Crippen molar-refractivity contribution < 1.29 is 8.94 Å². The molecule has 0 amide bonds. The summed E-state index contributed by atoms with van der Waals surface area (Å²) in [5, 5.41) is 4.97. The fourth-order valence-electron chi connectivity index (χ4n) is 2.06. The van der Waals surface area contributed by atoms with Gasteiger partial charge in [0.1, 0.15) is 5.58 Å².